The zero-order valence-corrected chi connectivity index (χ0v) is 11.4. The van der Waals surface area contributed by atoms with E-state index >= 15 is 0 Å². The molecule has 4 heteroatoms. The van der Waals surface area contributed by atoms with Crippen LogP contribution in [0.1, 0.15) is 22.8 Å². The summed E-state index contributed by atoms with van der Waals surface area (Å²) in [5.74, 6) is 0.684. The van der Waals surface area contributed by atoms with Crippen LogP contribution in [-0.2, 0) is 5.66 Å². The fraction of sp³-hybridized carbons (Fsp3) is 0.188. The molecular weight excluding hydrogens is 252 g/mol. The molecule has 3 rings (SSSR count). The maximum absolute atomic E-state index is 12.2. The van der Waals surface area contributed by atoms with Crippen LogP contribution in [0.2, 0.25) is 0 Å². The predicted molar refractivity (Wildman–Crippen MR) is 77.9 cm³/mol. The largest absolute Gasteiger partial charge is 0.497 e. The fourth-order valence-electron chi connectivity index (χ4n) is 2.46. The third-order valence-electron chi connectivity index (χ3n) is 3.57. The van der Waals surface area contributed by atoms with Crippen LogP contribution in [0.3, 0.4) is 0 Å². The first-order chi connectivity index (χ1) is 9.62. The van der Waals surface area contributed by atoms with E-state index in [4.69, 9.17) is 4.74 Å². The first-order valence-electron chi connectivity index (χ1n) is 6.47. The van der Waals surface area contributed by atoms with E-state index in [-0.39, 0.29) is 5.91 Å². The number of nitrogens with one attached hydrogen (secondary N) is 2. The maximum atomic E-state index is 12.2. The molecule has 2 aromatic rings. The molecule has 1 atom stereocenters. The number of hydrogen-bond donors (Lipinski definition) is 2. The van der Waals surface area contributed by atoms with Crippen molar-refractivity contribution in [2.45, 2.75) is 12.6 Å². The molecule has 102 valence electrons. The molecule has 1 amide bonds. The minimum atomic E-state index is -0.653. The Labute approximate surface area is 117 Å². The van der Waals surface area contributed by atoms with Gasteiger partial charge in [0.25, 0.3) is 5.91 Å². The van der Waals surface area contributed by atoms with E-state index in [0.29, 0.717) is 5.56 Å². The van der Waals surface area contributed by atoms with Gasteiger partial charge in [-0.1, -0.05) is 24.3 Å². The molecule has 0 spiro atoms. The van der Waals surface area contributed by atoms with Gasteiger partial charge in [0.05, 0.1) is 12.7 Å². The molecule has 0 radical (unpaired) electrons. The van der Waals surface area contributed by atoms with Gasteiger partial charge in [-0.15, -0.1) is 0 Å². The van der Waals surface area contributed by atoms with Crippen molar-refractivity contribution in [3.63, 3.8) is 0 Å². The second-order valence-electron chi connectivity index (χ2n) is 4.98. The number of amides is 1. The van der Waals surface area contributed by atoms with Gasteiger partial charge in [0.15, 0.2) is 0 Å². The van der Waals surface area contributed by atoms with Crippen molar-refractivity contribution in [1.82, 2.24) is 5.32 Å². The highest BCUT2D eigenvalue weighted by Gasteiger charge is 2.34. The van der Waals surface area contributed by atoms with E-state index in [1.807, 2.05) is 55.5 Å². The first kappa shape index (κ1) is 12.5. The summed E-state index contributed by atoms with van der Waals surface area (Å²) >= 11 is 0. The smallest absolute Gasteiger partial charge is 0.255 e. The zero-order chi connectivity index (χ0) is 14.2. The third-order valence-corrected chi connectivity index (χ3v) is 3.57. The van der Waals surface area contributed by atoms with Crippen molar-refractivity contribution >= 4 is 11.6 Å². The molecule has 0 saturated carbocycles. The monoisotopic (exact) mass is 268 g/mol. The van der Waals surface area contributed by atoms with Crippen LogP contribution in [0.5, 0.6) is 5.75 Å². The molecule has 1 heterocycles. The summed E-state index contributed by atoms with van der Waals surface area (Å²) in [4.78, 5) is 12.2. The minimum absolute atomic E-state index is 0.0790. The number of methoxy groups -OCH3 is 1. The van der Waals surface area contributed by atoms with Crippen LogP contribution in [0.25, 0.3) is 0 Å². The summed E-state index contributed by atoms with van der Waals surface area (Å²) in [6.07, 6.45) is 0. The molecule has 1 aliphatic rings. The summed E-state index contributed by atoms with van der Waals surface area (Å²) in [5, 5.41) is 6.39. The van der Waals surface area contributed by atoms with Gasteiger partial charge in [-0.05, 0) is 31.2 Å². The van der Waals surface area contributed by atoms with Gasteiger partial charge in [0, 0.05) is 11.3 Å². The number of ether oxygens (including phenoxy) is 1. The Bertz CT molecular complexity index is 669. The molecule has 4 nitrogen and oxygen atoms in total. The van der Waals surface area contributed by atoms with Crippen LogP contribution in [0.4, 0.5) is 5.69 Å². The number of para-hydroxylation sites is 1. The molecule has 20 heavy (non-hydrogen) atoms. The highest BCUT2D eigenvalue weighted by atomic mass is 16.5. The molecule has 0 saturated heterocycles. The van der Waals surface area contributed by atoms with Gasteiger partial charge in [-0.3, -0.25) is 4.79 Å². The lowest BCUT2D eigenvalue weighted by atomic mass is 9.96. The van der Waals surface area contributed by atoms with E-state index in [2.05, 4.69) is 10.6 Å². The number of carbonyl (C=O) groups is 1. The number of fused-ring (bicyclic) bond motifs is 1. The Balaban J connectivity index is 2.04. The average Bonchev–Trinajstić information content (AvgIpc) is 2.47. The molecule has 0 aliphatic carbocycles. The van der Waals surface area contributed by atoms with Crippen molar-refractivity contribution in [2.24, 2.45) is 0 Å². The number of hydrogen-bond acceptors (Lipinski definition) is 3. The molecule has 0 aromatic heterocycles. The molecule has 0 bridgehead atoms. The van der Waals surface area contributed by atoms with Gasteiger partial charge in [0.1, 0.15) is 11.4 Å². The van der Waals surface area contributed by atoms with Crippen molar-refractivity contribution in [1.29, 1.82) is 0 Å². The van der Waals surface area contributed by atoms with Crippen LogP contribution < -0.4 is 15.4 Å². The van der Waals surface area contributed by atoms with Gasteiger partial charge >= 0.3 is 0 Å². The van der Waals surface area contributed by atoms with E-state index in [1.165, 1.54) is 0 Å². The summed E-state index contributed by atoms with van der Waals surface area (Å²) in [5.41, 5.74) is 1.79. The Hall–Kier alpha value is -2.49. The molecule has 1 aliphatic heterocycles. The van der Waals surface area contributed by atoms with E-state index in [0.717, 1.165) is 17.0 Å². The second kappa shape index (κ2) is 4.56. The third kappa shape index (κ3) is 1.99. The Morgan fingerprint density at radius 2 is 1.85 bits per heavy atom. The van der Waals surface area contributed by atoms with E-state index in [1.54, 1.807) is 7.11 Å². The maximum Gasteiger partial charge on any atom is 0.255 e. The van der Waals surface area contributed by atoms with Crippen molar-refractivity contribution < 1.29 is 9.53 Å². The zero-order valence-electron chi connectivity index (χ0n) is 11.4. The second-order valence-corrected chi connectivity index (χ2v) is 4.98. The highest BCUT2D eigenvalue weighted by Crippen LogP contribution is 2.31. The van der Waals surface area contributed by atoms with Gasteiger partial charge in [-0.25, -0.2) is 0 Å². The van der Waals surface area contributed by atoms with Gasteiger partial charge in [0.2, 0.25) is 0 Å². The van der Waals surface area contributed by atoms with Crippen LogP contribution >= 0.6 is 0 Å². The van der Waals surface area contributed by atoms with Gasteiger partial charge < -0.3 is 15.4 Å². The molecule has 2 N–H and O–H groups in total. The number of carbonyl (C=O) groups excluding carboxylic acids is 1. The molecule has 0 fully saturated rings. The molecule has 2 aromatic carbocycles. The van der Waals surface area contributed by atoms with Crippen LogP contribution in [0, 0.1) is 0 Å². The van der Waals surface area contributed by atoms with Crippen molar-refractivity contribution in [2.75, 3.05) is 12.4 Å². The number of benzene rings is 2. The predicted octanol–water partition coefficient (Wildman–Crippen LogP) is 2.72. The quantitative estimate of drug-likeness (QED) is 0.880. The average molecular weight is 268 g/mol. The SMILES string of the molecule is COc1cccc([C@@]2(C)NC(=O)c3ccccc3N2)c1. The lowest BCUT2D eigenvalue weighted by Crippen LogP contribution is -2.52. The van der Waals surface area contributed by atoms with E-state index in [9.17, 15) is 4.79 Å². The summed E-state index contributed by atoms with van der Waals surface area (Å²) in [6, 6.07) is 15.2. The van der Waals surface area contributed by atoms with E-state index < -0.39 is 5.66 Å². The summed E-state index contributed by atoms with van der Waals surface area (Å²) < 4.78 is 5.25. The Morgan fingerprint density at radius 1 is 1.05 bits per heavy atom. The molecular formula is C16H16N2O2. The Morgan fingerprint density at radius 3 is 2.65 bits per heavy atom. The van der Waals surface area contributed by atoms with Crippen molar-refractivity contribution in [3.8, 4) is 5.75 Å². The lowest BCUT2D eigenvalue weighted by Gasteiger charge is -2.38. The summed E-state index contributed by atoms with van der Waals surface area (Å²) in [7, 11) is 1.63. The van der Waals surface area contributed by atoms with Crippen LogP contribution in [0.15, 0.2) is 48.5 Å². The van der Waals surface area contributed by atoms with Gasteiger partial charge in [-0.2, -0.15) is 0 Å². The Kier molecular flexibility index (Phi) is 2.86. The number of rotatable bonds is 2. The first-order valence-corrected chi connectivity index (χ1v) is 6.47. The lowest BCUT2D eigenvalue weighted by molar-refractivity contribution is 0.0906. The minimum Gasteiger partial charge on any atom is -0.497 e. The number of anilines is 1. The van der Waals surface area contributed by atoms with Crippen molar-refractivity contribution in [3.05, 3.63) is 59.7 Å². The normalized spacial score (nSPS) is 20.6. The molecule has 0 unspecified atom stereocenters. The summed E-state index contributed by atoms with van der Waals surface area (Å²) in [6.45, 7) is 1.94. The highest BCUT2D eigenvalue weighted by molar-refractivity contribution is 6.02. The van der Waals surface area contributed by atoms with Crippen LogP contribution in [-0.4, -0.2) is 13.0 Å². The topological polar surface area (TPSA) is 50.4 Å². The fourth-order valence-corrected chi connectivity index (χ4v) is 2.46. The standard InChI is InChI=1S/C16H16N2O2/c1-16(11-6-5-7-12(10-11)20-2)17-14-9-4-3-8-13(14)15(19)18-16/h3-10,17H,1-2H3,(H,18,19)/t16-/m1/s1.